The van der Waals surface area contributed by atoms with Gasteiger partial charge in [-0.05, 0) is 84.0 Å². The maximum atomic E-state index is 12.5. The Labute approximate surface area is 210 Å². The van der Waals surface area contributed by atoms with Gasteiger partial charge in [0.2, 0.25) is 0 Å². The summed E-state index contributed by atoms with van der Waals surface area (Å²) >= 11 is 0. The molecule has 192 valence electrons. The van der Waals surface area contributed by atoms with Crippen molar-refractivity contribution in [3.8, 4) is 0 Å². The highest BCUT2D eigenvalue weighted by Gasteiger charge is 2.21. The van der Waals surface area contributed by atoms with Crippen LogP contribution in [0.25, 0.3) is 0 Å². The van der Waals surface area contributed by atoms with Gasteiger partial charge in [0.05, 0.1) is 25.3 Å². The van der Waals surface area contributed by atoms with Crippen LogP contribution in [0.3, 0.4) is 0 Å². The molecule has 0 atom stereocenters. The van der Waals surface area contributed by atoms with Crippen LogP contribution in [0, 0.1) is 0 Å². The van der Waals surface area contributed by atoms with Gasteiger partial charge in [0.25, 0.3) is 0 Å². The predicted molar refractivity (Wildman–Crippen MR) is 131 cm³/mol. The highest BCUT2D eigenvalue weighted by atomic mass is 16.5. The number of benzene rings is 2. The molecule has 36 heavy (non-hydrogen) atoms. The van der Waals surface area contributed by atoms with Crippen LogP contribution in [-0.4, -0.2) is 38.1 Å². The van der Waals surface area contributed by atoms with Crippen LogP contribution >= 0.6 is 0 Å². The lowest BCUT2D eigenvalue weighted by atomic mass is 9.88. The molecule has 1 aliphatic rings. The fourth-order valence-electron chi connectivity index (χ4n) is 4.53. The lowest BCUT2D eigenvalue weighted by molar-refractivity contribution is -0.143. The average Bonchev–Trinajstić information content (AvgIpc) is 2.85. The molecule has 3 rings (SSSR count). The lowest BCUT2D eigenvalue weighted by Crippen LogP contribution is -2.14. The topological polar surface area (TPSA) is 105 Å². The average molecular weight is 497 g/mol. The van der Waals surface area contributed by atoms with Crippen molar-refractivity contribution in [3.05, 3.63) is 68.8 Å². The summed E-state index contributed by atoms with van der Waals surface area (Å²) in [6.07, 6.45) is 4.00. The number of methoxy groups -OCH3 is 2. The lowest BCUT2D eigenvalue weighted by Gasteiger charge is -2.19. The van der Waals surface area contributed by atoms with Gasteiger partial charge in [0.15, 0.2) is 0 Å². The number of esters is 4. The molecule has 0 aromatic heterocycles. The molecule has 0 unspecified atom stereocenters. The third-order valence-electron chi connectivity index (χ3n) is 6.31. The molecule has 0 aliphatic heterocycles. The number of carbonyl (C=O) groups is 4. The first-order chi connectivity index (χ1) is 17.2. The van der Waals surface area contributed by atoms with Crippen molar-refractivity contribution in [3.63, 3.8) is 0 Å². The van der Waals surface area contributed by atoms with E-state index in [-0.39, 0.29) is 25.2 Å². The van der Waals surface area contributed by atoms with E-state index in [0.717, 1.165) is 46.2 Å². The second kappa shape index (κ2) is 12.3. The largest absolute Gasteiger partial charge is 0.465 e. The number of ether oxygens (including phenoxy) is 4. The Balaban J connectivity index is 2.02. The summed E-state index contributed by atoms with van der Waals surface area (Å²) in [5, 5.41) is 0. The van der Waals surface area contributed by atoms with E-state index in [1.54, 1.807) is 6.07 Å². The van der Waals surface area contributed by atoms with Crippen LogP contribution in [0.5, 0.6) is 0 Å². The third kappa shape index (κ3) is 6.71. The van der Waals surface area contributed by atoms with Crippen molar-refractivity contribution in [1.29, 1.82) is 0 Å². The SMILES string of the molecule is COC(=O)c1cc(C(=O)OC)c2cc1CCCc1cc(c(COC(C)=O)cc1COC(C)=O)CCC2. The first kappa shape index (κ1) is 26.9. The predicted octanol–water partition coefficient (Wildman–Crippen LogP) is 4.05. The van der Waals surface area contributed by atoms with Crippen LogP contribution in [-0.2, 0) is 67.4 Å². The molecule has 2 aromatic rings. The molecule has 2 aromatic carbocycles. The molecular formula is C28H32O8. The Bertz CT molecular complexity index is 1080. The van der Waals surface area contributed by atoms with E-state index in [1.807, 2.05) is 12.1 Å². The van der Waals surface area contributed by atoms with Gasteiger partial charge in [-0.1, -0.05) is 12.1 Å². The summed E-state index contributed by atoms with van der Waals surface area (Å²) < 4.78 is 20.5. The van der Waals surface area contributed by atoms with E-state index in [1.165, 1.54) is 28.1 Å². The molecule has 0 radical (unpaired) electrons. The van der Waals surface area contributed by atoms with Crippen molar-refractivity contribution >= 4 is 23.9 Å². The van der Waals surface area contributed by atoms with Crippen LogP contribution in [0.2, 0.25) is 0 Å². The smallest absolute Gasteiger partial charge is 0.338 e. The molecule has 8 nitrogen and oxygen atoms in total. The van der Waals surface area contributed by atoms with E-state index in [0.29, 0.717) is 36.8 Å². The highest BCUT2D eigenvalue weighted by Crippen LogP contribution is 2.27. The summed E-state index contributed by atoms with van der Waals surface area (Å²) in [6.45, 7) is 2.99. The minimum atomic E-state index is -0.499. The van der Waals surface area contributed by atoms with E-state index in [4.69, 9.17) is 18.9 Å². The second-order valence-electron chi connectivity index (χ2n) is 8.81. The minimum Gasteiger partial charge on any atom is -0.465 e. The summed E-state index contributed by atoms with van der Waals surface area (Å²) in [7, 11) is 2.63. The Morgan fingerprint density at radius 1 is 0.611 bits per heavy atom. The van der Waals surface area contributed by atoms with Crippen molar-refractivity contribution in [1.82, 2.24) is 0 Å². The van der Waals surface area contributed by atoms with Crippen LogP contribution < -0.4 is 0 Å². The van der Waals surface area contributed by atoms with Gasteiger partial charge in [0, 0.05) is 13.8 Å². The first-order valence-corrected chi connectivity index (χ1v) is 12.0. The van der Waals surface area contributed by atoms with Gasteiger partial charge in [-0.3, -0.25) is 9.59 Å². The summed E-state index contributed by atoms with van der Waals surface area (Å²) in [5.74, 6) is -1.74. The maximum Gasteiger partial charge on any atom is 0.338 e. The quantitative estimate of drug-likeness (QED) is 0.436. The molecule has 8 heteroatoms. The fourth-order valence-corrected chi connectivity index (χ4v) is 4.53. The van der Waals surface area contributed by atoms with E-state index < -0.39 is 11.9 Å². The van der Waals surface area contributed by atoms with Gasteiger partial charge in [0.1, 0.15) is 13.2 Å². The van der Waals surface area contributed by atoms with E-state index >= 15 is 0 Å². The number of rotatable bonds is 6. The summed E-state index contributed by atoms with van der Waals surface area (Å²) in [4.78, 5) is 47.9. The molecule has 0 amide bonds. The molecular weight excluding hydrogens is 464 g/mol. The number of aryl methyl sites for hydroxylation is 4. The van der Waals surface area contributed by atoms with E-state index in [9.17, 15) is 19.2 Å². The number of hydrogen-bond donors (Lipinski definition) is 0. The van der Waals surface area contributed by atoms with Gasteiger partial charge in [-0.15, -0.1) is 0 Å². The van der Waals surface area contributed by atoms with Crippen molar-refractivity contribution in [2.24, 2.45) is 0 Å². The zero-order chi connectivity index (χ0) is 26.2. The normalized spacial score (nSPS) is 13.0. The molecule has 0 spiro atoms. The standard InChI is InChI=1S/C28H32O8/c1-17(29)35-15-23-13-24(16-36-18(2)30)20-8-6-10-22-12-21(9-5-7-19(23)11-20)25(27(31)33-3)14-26(22)28(32)34-4/h11-14H,5-10,15-16H2,1-4H3. The molecule has 0 saturated carbocycles. The second-order valence-corrected chi connectivity index (χ2v) is 8.81. The first-order valence-electron chi connectivity index (χ1n) is 12.0. The molecule has 0 N–H and O–H groups in total. The molecule has 1 aliphatic carbocycles. The van der Waals surface area contributed by atoms with Gasteiger partial charge < -0.3 is 18.9 Å². The fraction of sp³-hybridized carbons (Fsp3) is 0.429. The Hall–Kier alpha value is -3.68. The third-order valence-corrected chi connectivity index (χ3v) is 6.31. The Morgan fingerprint density at radius 2 is 1.00 bits per heavy atom. The number of hydrogen-bond acceptors (Lipinski definition) is 8. The van der Waals surface area contributed by atoms with Crippen molar-refractivity contribution in [2.45, 2.75) is 65.6 Å². The maximum absolute atomic E-state index is 12.5. The summed E-state index contributed by atoms with van der Waals surface area (Å²) in [6, 6.07) is 7.52. The zero-order valence-electron chi connectivity index (χ0n) is 21.2. The molecule has 4 bridgehead atoms. The molecule has 0 saturated heterocycles. The molecule has 0 heterocycles. The Kier molecular flexibility index (Phi) is 9.22. The Morgan fingerprint density at radius 3 is 1.39 bits per heavy atom. The molecule has 0 fully saturated rings. The van der Waals surface area contributed by atoms with Gasteiger partial charge in [-0.2, -0.15) is 0 Å². The van der Waals surface area contributed by atoms with Crippen LogP contribution in [0.4, 0.5) is 0 Å². The number of fused-ring (bicyclic) bond motifs is 4. The van der Waals surface area contributed by atoms with Crippen molar-refractivity contribution < 1.29 is 38.1 Å². The highest BCUT2D eigenvalue weighted by molar-refractivity contribution is 5.97. The van der Waals surface area contributed by atoms with Gasteiger partial charge in [-0.25, -0.2) is 9.59 Å². The van der Waals surface area contributed by atoms with Crippen LogP contribution in [0.1, 0.15) is 80.8 Å². The zero-order valence-corrected chi connectivity index (χ0v) is 21.2. The van der Waals surface area contributed by atoms with Crippen molar-refractivity contribution in [2.75, 3.05) is 14.2 Å². The van der Waals surface area contributed by atoms with Crippen LogP contribution in [0.15, 0.2) is 24.3 Å². The summed E-state index contributed by atoms with van der Waals surface area (Å²) in [5.41, 5.74) is 6.17. The monoisotopic (exact) mass is 496 g/mol. The van der Waals surface area contributed by atoms with E-state index in [2.05, 4.69) is 6.07 Å². The van der Waals surface area contributed by atoms with Gasteiger partial charge >= 0.3 is 23.9 Å². The minimum absolute atomic E-state index is 0.128. The number of carbonyl (C=O) groups excluding carboxylic acids is 4.